The Hall–Kier alpha value is -2.82. The number of hydrogen-bond acceptors (Lipinski definition) is 3. The number of benzene rings is 1. The Bertz CT molecular complexity index is 1090. The standard InChI is InChI=1S/C16H14N4O/c1-19(2)9-12-10-5-3-4-6-11(10)13-14(12)20-8-7-17-15(20)16(21)18-13/h3-9H,1-2H3,(H,18,21)/b12-9+. The van der Waals surface area contributed by atoms with Crippen LogP contribution in [0.1, 0.15) is 0 Å². The first-order valence-electron chi connectivity index (χ1n) is 6.74. The number of fused-ring (bicyclic) bond motifs is 5. The molecule has 5 nitrogen and oxygen atoms in total. The molecule has 0 saturated carbocycles. The molecule has 2 aromatic carbocycles. The second-order valence-electron chi connectivity index (χ2n) is 5.35. The molecule has 2 heterocycles. The minimum atomic E-state index is -0.167. The van der Waals surface area contributed by atoms with Crippen LogP contribution in [0.3, 0.4) is 0 Å². The molecule has 0 atom stereocenters. The monoisotopic (exact) mass is 278 g/mol. The van der Waals surface area contributed by atoms with Crippen LogP contribution in [0.15, 0.2) is 41.5 Å². The third kappa shape index (κ3) is 1.57. The number of H-pyrrole nitrogens is 1. The quantitative estimate of drug-likeness (QED) is 0.572. The fourth-order valence-electron chi connectivity index (χ4n) is 2.91. The van der Waals surface area contributed by atoms with Gasteiger partial charge in [-0.1, -0.05) is 24.3 Å². The second kappa shape index (κ2) is 4.09. The molecule has 0 amide bonds. The van der Waals surface area contributed by atoms with E-state index >= 15 is 0 Å². The van der Waals surface area contributed by atoms with Gasteiger partial charge < -0.3 is 9.88 Å². The summed E-state index contributed by atoms with van der Waals surface area (Å²) in [5.74, 6) is 0. The molecule has 2 aromatic heterocycles. The average Bonchev–Trinajstić information content (AvgIpc) is 3.04. The molecule has 1 N–H and O–H groups in total. The van der Waals surface area contributed by atoms with Crippen molar-refractivity contribution >= 4 is 33.7 Å². The first kappa shape index (κ1) is 12.0. The number of imidazole rings is 1. The Morgan fingerprint density at radius 1 is 1.24 bits per heavy atom. The topological polar surface area (TPSA) is 53.4 Å². The van der Waals surface area contributed by atoms with Gasteiger partial charge in [0.05, 0.1) is 11.0 Å². The molecule has 0 unspecified atom stereocenters. The summed E-state index contributed by atoms with van der Waals surface area (Å²) in [7, 11) is 3.98. The molecule has 0 fully saturated rings. The normalized spacial score (nSPS) is 12.8. The fourth-order valence-corrected chi connectivity index (χ4v) is 2.91. The van der Waals surface area contributed by atoms with E-state index in [2.05, 4.69) is 22.2 Å². The summed E-state index contributed by atoms with van der Waals surface area (Å²) in [5, 5.41) is 3.26. The van der Waals surface area contributed by atoms with Crippen LogP contribution < -0.4 is 10.8 Å². The average molecular weight is 278 g/mol. The molecule has 0 aliphatic carbocycles. The molecule has 0 radical (unpaired) electrons. The summed E-state index contributed by atoms with van der Waals surface area (Å²) in [6.45, 7) is 0. The Morgan fingerprint density at radius 3 is 2.76 bits per heavy atom. The van der Waals surface area contributed by atoms with Crippen LogP contribution in [-0.2, 0) is 0 Å². The predicted octanol–water partition coefficient (Wildman–Crippen LogP) is 1.35. The van der Waals surface area contributed by atoms with E-state index in [1.165, 1.54) is 0 Å². The van der Waals surface area contributed by atoms with Crippen molar-refractivity contribution in [1.29, 1.82) is 0 Å². The summed E-state index contributed by atoms with van der Waals surface area (Å²) in [6.07, 6.45) is 5.56. The van der Waals surface area contributed by atoms with Crippen molar-refractivity contribution in [3.05, 3.63) is 52.2 Å². The molecule has 4 aromatic rings. The number of nitrogens with zero attached hydrogens (tertiary/aromatic N) is 3. The van der Waals surface area contributed by atoms with Crippen LogP contribution in [0.5, 0.6) is 0 Å². The molecule has 0 bridgehead atoms. The molecule has 104 valence electrons. The zero-order valence-corrected chi connectivity index (χ0v) is 11.8. The maximum Gasteiger partial charge on any atom is 0.292 e. The summed E-state index contributed by atoms with van der Waals surface area (Å²) < 4.78 is 1.86. The van der Waals surface area contributed by atoms with Gasteiger partial charge in [-0.15, -0.1) is 0 Å². The van der Waals surface area contributed by atoms with E-state index in [4.69, 9.17) is 0 Å². The fraction of sp³-hybridized carbons (Fsp3) is 0.125. The van der Waals surface area contributed by atoms with Gasteiger partial charge >= 0.3 is 0 Å². The lowest BCUT2D eigenvalue weighted by Gasteiger charge is -2.03. The molecule has 0 saturated heterocycles. The maximum absolute atomic E-state index is 12.2. The molecule has 5 heteroatoms. The number of aromatic nitrogens is 3. The van der Waals surface area contributed by atoms with Gasteiger partial charge in [0.15, 0.2) is 0 Å². The number of hydrogen-bond donors (Lipinski definition) is 1. The van der Waals surface area contributed by atoms with Crippen molar-refractivity contribution in [2.45, 2.75) is 0 Å². The zero-order chi connectivity index (χ0) is 14.6. The highest BCUT2D eigenvalue weighted by molar-refractivity contribution is 6.09. The van der Waals surface area contributed by atoms with Crippen LogP contribution in [0, 0.1) is 0 Å². The highest BCUT2D eigenvalue weighted by Crippen LogP contribution is 2.21. The van der Waals surface area contributed by atoms with Crippen molar-refractivity contribution in [3.63, 3.8) is 0 Å². The van der Waals surface area contributed by atoms with Crippen molar-refractivity contribution in [2.24, 2.45) is 0 Å². The van der Waals surface area contributed by atoms with E-state index in [1.807, 2.05) is 47.8 Å². The smallest absolute Gasteiger partial charge is 0.292 e. The highest BCUT2D eigenvalue weighted by Gasteiger charge is 2.13. The Kier molecular flexibility index (Phi) is 2.33. The summed E-state index contributed by atoms with van der Waals surface area (Å²) in [4.78, 5) is 21.3. The molecule has 0 spiro atoms. The van der Waals surface area contributed by atoms with Crippen LogP contribution in [-0.4, -0.2) is 33.4 Å². The van der Waals surface area contributed by atoms with Gasteiger partial charge in [-0.3, -0.25) is 9.20 Å². The Balaban J connectivity index is 2.43. The number of aromatic amines is 1. The number of rotatable bonds is 1. The summed E-state index contributed by atoms with van der Waals surface area (Å²) in [5.41, 5.74) is 2.09. The minimum absolute atomic E-state index is 0.167. The van der Waals surface area contributed by atoms with Gasteiger partial charge in [0.2, 0.25) is 5.65 Å². The van der Waals surface area contributed by atoms with E-state index in [1.54, 1.807) is 6.20 Å². The first-order chi connectivity index (χ1) is 10.2. The van der Waals surface area contributed by atoms with Gasteiger partial charge in [-0.25, -0.2) is 4.98 Å². The largest absolute Gasteiger partial charge is 0.383 e. The summed E-state index contributed by atoms with van der Waals surface area (Å²) >= 11 is 0. The highest BCUT2D eigenvalue weighted by atomic mass is 16.1. The minimum Gasteiger partial charge on any atom is -0.383 e. The van der Waals surface area contributed by atoms with Crippen molar-refractivity contribution < 1.29 is 0 Å². The van der Waals surface area contributed by atoms with Crippen molar-refractivity contribution in [2.75, 3.05) is 14.1 Å². The third-order valence-electron chi connectivity index (χ3n) is 3.69. The van der Waals surface area contributed by atoms with Crippen LogP contribution >= 0.6 is 0 Å². The summed E-state index contributed by atoms with van der Waals surface area (Å²) in [6, 6.07) is 8.10. The molecular formula is C16H14N4O. The van der Waals surface area contributed by atoms with Crippen LogP contribution in [0.2, 0.25) is 0 Å². The lowest BCUT2D eigenvalue weighted by atomic mass is 10.2. The van der Waals surface area contributed by atoms with Crippen LogP contribution in [0.25, 0.3) is 33.7 Å². The predicted molar refractivity (Wildman–Crippen MR) is 84.2 cm³/mol. The van der Waals surface area contributed by atoms with Gasteiger partial charge in [0, 0.05) is 43.3 Å². The van der Waals surface area contributed by atoms with E-state index in [9.17, 15) is 4.79 Å². The van der Waals surface area contributed by atoms with E-state index < -0.39 is 0 Å². The van der Waals surface area contributed by atoms with Gasteiger partial charge in [0.25, 0.3) is 5.56 Å². The Morgan fingerprint density at radius 2 is 2.00 bits per heavy atom. The maximum atomic E-state index is 12.2. The molecule has 0 aliphatic rings. The second-order valence-corrected chi connectivity index (χ2v) is 5.35. The van der Waals surface area contributed by atoms with E-state index in [0.717, 1.165) is 27.0 Å². The molecule has 21 heavy (non-hydrogen) atoms. The molecule has 0 aliphatic heterocycles. The number of nitrogens with one attached hydrogen (secondary N) is 1. The molecular weight excluding hydrogens is 264 g/mol. The van der Waals surface area contributed by atoms with Crippen molar-refractivity contribution in [3.8, 4) is 0 Å². The third-order valence-corrected chi connectivity index (χ3v) is 3.69. The lowest BCUT2D eigenvalue weighted by Crippen LogP contribution is -2.15. The van der Waals surface area contributed by atoms with Gasteiger partial charge in [-0.2, -0.15) is 0 Å². The SMILES string of the molecule is CN(C)/C=c1\c2ccccc2c2[nH]c(=O)c3nccn3c12. The van der Waals surface area contributed by atoms with E-state index in [0.29, 0.717) is 5.65 Å². The van der Waals surface area contributed by atoms with Gasteiger partial charge in [0.1, 0.15) is 0 Å². The molecule has 4 rings (SSSR count). The van der Waals surface area contributed by atoms with Crippen LogP contribution in [0.4, 0.5) is 0 Å². The zero-order valence-electron chi connectivity index (χ0n) is 11.8. The Labute approximate surface area is 120 Å². The van der Waals surface area contributed by atoms with Gasteiger partial charge in [-0.05, 0) is 5.39 Å². The van der Waals surface area contributed by atoms with E-state index in [-0.39, 0.29) is 5.56 Å². The first-order valence-corrected chi connectivity index (χ1v) is 6.74. The van der Waals surface area contributed by atoms with Crippen molar-refractivity contribution in [1.82, 2.24) is 19.3 Å². The lowest BCUT2D eigenvalue weighted by molar-refractivity contribution is 0.615.